The summed E-state index contributed by atoms with van der Waals surface area (Å²) in [5, 5.41) is 6.11. The van der Waals surface area contributed by atoms with Crippen molar-refractivity contribution in [3.8, 4) is 0 Å². The van der Waals surface area contributed by atoms with Crippen molar-refractivity contribution in [2.45, 2.75) is 38.8 Å². The molecule has 6 heteroatoms. The molecule has 1 aromatic carbocycles. The van der Waals surface area contributed by atoms with E-state index in [-0.39, 0.29) is 17.6 Å². The molecule has 2 aliphatic heterocycles. The molecule has 1 fully saturated rings. The Balaban J connectivity index is 1.75. The number of rotatable bonds is 4. The first-order valence-electron chi connectivity index (χ1n) is 10.1. The normalized spacial score (nSPS) is 19.7. The van der Waals surface area contributed by atoms with Gasteiger partial charge in [0, 0.05) is 57.5 Å². The highest BCUT2D eigenvalue weighted by Gasteiger charge is 2.26. The fraction of sp³-hybridized carbons (Fsp3) is 0.667. The Kier molecular flexibility index (Phi) is 5.96. The van der Waals surface area contributed by atoms with Crippen molar-refractivity contribution in [1.82, 2.24) is 20.4 Å². The number of benzene rings is 1. The van der Waals surface area contributed by atoms with Gasteiger partial charge in [-0.15, -0.1) is 0 Å². The van der Waals surface area contributed by atoms with Crippen LogP contribution in [0.4, 0.5) is 10.5 Å². The van der Waals surface area contributed by atoms with E-state index in [0.717, 1.165) is 39.1 Å². The standard InChI is InChI=1S/C21H35N5O/c1-21(2,3)23-20(27)22-15-19(26-12-10-24(4)11-13-26)16-6-7-18-17(14-16)8-9-25(18)5/h6-7,14,19H,8-13,15H2,1-5H3,(H2,22,23,27). The molecule has 3 rings (SSSR count). The minimum atomic E-state index is -0.231. The molecule has 0 aliphatic carbocycles. The number of amides is 2. The van der Waals surface area contributed by atoms with Crippen molar-refractivity contribution in [2.75, 3.05) is 58.3 Å². The van der Waals surface area contributed by atoms with Crippen molar-refractivity contribution in [1.29, 1.82) is 0 Å². The summed E-state index contributed by atoms with van der Waals surface area (Å²) in [5.41, 5.74) is 3.85. The highest BCUT2D eigenvalue weighted by atomic mass is 16.2. The second-order valence-corrected chi connectivity index (χ2v) is 9.00. The number of carbonyl (C=O) groups is 1. The summed E-state index contributed by atoms with van der Waals surface area (Å²) in [6, 6.07) is 6.96. The molecule has 1 atom stereocenters. The van der Waals surface area contributed by atoms with Crippen molar-refractivity contribution >= 4 is 11.7 Å². The molecular weight excluding hydrogens is 338 g/mol. The Labute approximate surface area is 163 Å². The van der Waals surface area contributed by atoms with Gasteiger partial charge in [0.15, 0.2) is 0 Å². The van der Waals surface area contributed by atoms with Gasteiger partial charge in [0.25, 0.3) is 0 Å². The zero-order chi connectivity index (χ0) is 19.6. The van der Waals surface area contributed by atoms with Crippen LogP contribution in [0.25, 0.3) is 0 Å². The number of nitrogens with zero attached hydrogens (tertiary/aromatic N) is 3. The van der Waals surface area contributed by atoms with Crippen LogP contribution in [0.3, 0.4) is 0 Å². The molecule has 1 aromatic rings. The maximum absolute atomic E-state index is 12.3. The lowest BCUT2D eigenvalue weighted by atomic mass is 10.00. The zero-order valence-electron chi connectivity index (χ0n) is 17.5. The van der Waals surface area contributed by atoms with Crippen LogP contribution < -0.4 is 15.5 Å². The van der Waals surface area contributed by atoms with E-state index in [0.29, 0.717) is 6.54 Å². The van der Waals surface area contributed by atoms with E-state index in [1.807, 2.05) is 20.8 Å². The number of nitrogens with one attached hydrogen (secondary N) is 2. The molecule has 0 bridgehead atoms. The van der Waals surface area contributed by atoms with Crippen LogP contribution in [-0.4, -0.2) is 74.7 Å². The second kappa shape index (κ2) is 8.07. The summed E-state index contributed by atoms with van der Waals surface area (Å²) in [7, 11) is 4.33. The van der Waals surface area contributed by atoms with Crippen LogP contribution in [0, 0.1) is 0 Å². The lowest BCUT2D eigenvalue weighted by molar-refractivity contribution is 0.111. The Morgan fingerprint density at radius 2 is 1.81 bits per heavy atom. The van der Waals surface area contributed by atoms with Gasteiger partial charge in [0.1, 0.15) is 0 Å². The molecule has 6 nitrogen and oxygen atoms in total. The smallest absolute Gasteiger partial charge is 0.315 e. The quantitative estimate of drug-likeness (QED) is 0.848. The number of hydrogen-bond acceptors (Lipinski definition) is 4. The molecule has 0 radical (unpaired) electrons. The third kappa shape index (κ3) is 5.14. The third-order valence-corrected chi connectivity index (χ3v) is 5.54. The number of piperazine rings is 1. The van der Waals surface area contributed by atoms with Crippen molar-refractivity contribution in [3.05, 3.63) is 29.3 Å². The molecule has 0 spiro atoms. The number of carbonyl (C=O) groups excluding carboxylic acids is 1. The van der Waals surface area contributed by atoms with Gasteiger partial charge in [-0.3, -0.25) is 4.90 Å². The first kappa shape index (κ1) is 20.0. The lowest BCUT2D eigenvalue weighted by Gasteiger charge is -2.38. The SMILES string of the molecule is CN1CCN(C(CNC(=O)NC(C)(C)C)c2ccc3c(c2)CCN3C)CC1. The largest absolute Gasteiger partial charge is 0.374 e. The maximum Gasteiger partial charge on any atom is 0.315 e. The molecule has 2 amide bonds. The monoisotopic (exact) mass is 373 g/mol. The van der Waals surface area contributed by atoms with E-state index in [2.05, 4.69) is 57.6 Å². The van der Waals surface area contributed by atoms with Crippen LogP contribution in [0.15, 0.2) is 18.2 Å². The number of anilines is 1. The summed E-state index contributed by atoms with van der Waals surface area (Å²) < 4.78 is 0. The third-order valence-electron chi connectivity index (χ3n) is 5.54. The number of hydrogen-bond donors (Lipinski definition) is 2. The second-order valence-electron chi connectivity index (χ2n) is 9.00. The summed E-state index contributed by atoms with van der Waals surface area (Å²) in [5.74, 6) is 0. The van der Waals surface area contributed by atoms with Crippen LogP contribution in [0.1, 0.15) is 37.9 Å². The number of fused-ring (bicyclic) bond motifs is 1. The topological polar surface area (TPSA) is 50.9 Å². The lowest BCUT2D eigenvalue weighted by Crippen LogP contribution is -2.51. The number of likely N-dealkylation sites (N-methyl/N-ethyl adjacent to an activating group) is 2. The van der Waals surface area contributed by atoms with Gasteiger partial charge in [-0.2, -0.15) is 0 Å². The van der Waals surface area contributed by atoms with E-state index in [9.17, 15) is 4.79 Å². The predicted octanol–water partition coefficient (Wildman–Crippen LogP) is 2.07. The average molecular weight is 374 g/mol. The Bertz CT molecular complexity index is 661. The summed E-state index contributed by atoms with van der Waals surface area (Å²) in [6.07, 6.45) is 1.10. The Hall–Kier alpha value is -1.79. The fourth-order valence-corrected chi connectivity index (χ4v) is 3.96. The molecular formula is C21H35N5O. The first-order chi connectivity index (χ1) is 12.7. The zero-order valence-corrected chi connectivity index (χ0v) is 17.5. The van der Waals surface area contributed by atoms with Crippen molar-refractivity contribution < 1.29 is 4.79 Å². The van der Waals surface area contributed by atoms with Gasteiger partial charge in [-0.05, 0) is 51.4 Å². The summed E-state index contributed by atoms with van der Waals surface area (Å²) in [4.78, 5) is 19.5. The summed E-state index contributed by atoms with van der Waals surface area (Å²) >= 11 is 0. The minimum absolute atomic E-state index is 0.0949. The molecule has 2 N–H and O–H groups in total. The van der Waals surface area contributed by atoms with Crippen LogP contribution in [0.2, 0.25) is 0 Å². The van der Waals surface area contributed by atoms with E-state index in [1.54, 1.807) is 0 Å². The molecule has 2 heterocycles. The summed E-state index contributed by atoms with van der Waals surface area (Å²) in [6.45, 7) is 11.9. The molecule has 2 aliphatic rings. The van der Waals surface area contributed by atoms with Crippen molar-refractivity contribution in [2.24, 2.45) is 0 Å². The highest BCUT2D eigenvalue weighted by Crippen LogP contribution is 2.31. The molecule has 1 unspecified atom stereocenters. The van der Waals surface area contributed by atoms with E-state index in [1.165, 1.54) is 16.8 Å². The molecule has 1 saturated heterocycles. The van der Waals surface area contributed by atoms with E-state index in [4.69, 9.17) is 0 Å². The Morgan fingerprint density at radius 1 is 1.11 bits per heavy atom. The maximum atomic E-state index is 12.3. The van der Waals surface area contributed by atoms with Gasteiger partial charge in [-0.1, -0.05) is 12.1 Å². The highest BCUT2D eigenvalue weighted by molar-refractivity contribution is 5.74. The average Bonchev–Trinajstić information content (AvgIpc) is 2.96. The van der Waals surface area contributed by atoms with Gasteiger partial charge >= 0.3 is 6.03 Å². The van der Waals surface area contributed by atoms with Crippen LogP contribution >= 0.6 is 0 Å². The molecule has 0 saturated carbocycles. The first-order valence-corrected chi connectivity index (χ1v) is 10.1. The van der Waals surface area contributed by atoms with E-state index < -0.39 is 0 Å². The minimum Gasteiger partial charge on any atom is -0.374 e. The van der Waals surface area contributed by atoms with Gasteiger partial charge in [-0.25, -0.2) is 4.79 Å². The van der Waals surface area contributed by atoms with Crippen molar-refractivity contribution in [3.63, 3.8) is 0 Å². The van der Waals surface area contributed by atoms with E-state index >= 15 is 0 Å². The van der Waals surface area contributed by atoms with Gasteiger partial charge < -0.3 is 20.4 Å². The van der Waals surface area contributed by atoms with Gasteiger partial charge in [0.2, 0.25) is 0 Å². The molecule has 0 aromatic heterocycles. The van der Waals surface area contributed by atoms with Crippen LogP contribution in [-0.2, 0) is 6.42 Å². The van der Waals surface area contributed by atoms with Crippen LogP contribution in [0.5, 0.6) is 0 Å². The molecule has 27 heavy (non-hydrogen) atoms. The fourth-order valence-electron chi connectivity index (χ4n) is 3.96. The molecule has 150 valence electrons. The number of urea groups is 1. The predicted molar refractivity (Wildman–Crippen MR) is 112 cm³/mol. The van der Waals surface area contributed by atoms with Gasteiger partial charge in [0.05, 0.1) is 6.04 Å². The Morgan fingerprint density at radius 3 is 2.48 bits per heavy atom.